The molecule has 2 N–H and O–H groups in total. The van der Waals surface area contributed by atoms with Gasteiger partial charge >= 0.3 is 0 Å². The first-order valence-corrected chi connectivity index (χ1v) is 9.23. The Hall–Kier alpha value is -1.07. The van der Waals surface area contributed by atoms with Crippen LogP contribution in [-0.4, -0.2) is 25.8 Å². The third kappa shape index (κ3) is 2.69. The van der Waals surface area contributed by atoms with E-state index < -0.39 is 10.0 Å². The molecule has 1 aliphatic carbocycles. The molecular formula is C16H24N2O2S. The quantitative estimate of drug-likeness (QED) is 0.854. The molecule has 1 aromatic rings. The van der Waals surface area contributed by atoms with Crippen molar-refractivity contribution in [2.24, 2.45) is 5.41 Å². The summed E-state index contributed by atoms with van der Waals surface area (Å²) in [7, 11) is -3.39. The second kappa shape index (κ2) is 5.29. The number of aryl methyl sites for hydroxylation is 1. The number of hydrogen-bond donors (Lipinski definition) is 1. The number of nitrogen functional groups attached to an aromatic ring is 1. The highest BCUT2D eigenvalue weighted by atomic mass is 32.2. The zero-order chi connectivity index (χ0) is 15.1. The van der Waals surface area contributed by atoms with E-state index in [2.05, 4.69) is 0 Å². The van der Waals surface area contributed by atoms with Crippen molar-refractivity contribution < 1.29 is 8.42 Å². The average molecular weight is 308 g/mol. The van der Waals surface area contributed by atoms with Gasteiger partial charge in [-0.25, -0.2) is 8.42 Å². The summed E-state index contributed by atoms with van der Waals surface area (Å²) in [5, 5.41) is 0. The normalized spacial score (nSPS) is 22.7. The van der Waals surface area contributed by atoms with Crippen molar-refractivity contribution in [3.8, 4) is 0 Å². The van der Waals surface area contributed by atoms with Crippen LogP contribution in [0, 0.1) is 12.3 Å². The number of nitrogens with two attached hydrogens (primary N) is 1. The van der Waals surface area contributed by atoms with Crippen LogP contribution in [0.2, 0.25) is 0 Å². The first-order chi connectivity index (χ1) is 9.93. The highest BCUT2D eigenvalue weighted by Crippen LogP contribution is 2.46. The smallest absolute Gasteiger partial charge is 0.243 e. The molecule has 116 valence electrons. The molecule has 3 rings (SSSR count). The van der Waals surface area contributed by atoms with Crippen molar-refractivity contribution in [3.05, 3.63) is 23.8 Å². The molecule has 0 atom stereocenters. The average Bonchev–Trinajstić information content (AvgIpc) is 2.90. The Morgan fingerprint density at radius 1 is 1.10 bits per heavy atom. The third-order valence-electron chi connectivity index (χ3n) is 5.34. The number of rotatable bonds is 2. The van der Waals surface area contributed by atoms with E-state index in [9.17, 15) is 8.42 Å². The van der Waals surface area contributed by atoms with Crippen LogP contribution in [0.25, 0.3) is 0 Å². The lowest BCUT2D eigenvalue weighted by atomic mass is 9.78. The van der Waals surface area contributed by atoms with Crippen LogP contribution in [0.4, 0.5) is 5.69 Å². The van der Waals surface area contributed by atoms with Gasteiger partial charge in [0.1, 0.15) is 0 Å². The Kier molecular flexibility index (Phi) is 3.74. The fourth-order valence-corrected chi connectivity index (χ4v) is 5.23. The molecule has 1 saturated heterocycles. The van der Waals surface area contributed by atoms with Crippen molar-refractivity contribution in [2.45, 2.75) is 50.3 Å². The zero-order valence-corrected chi connectivity index (χ0v) is 13.5. The van der Waals surface area contributed by atoms with Crippen LogP contribution in [0.1, 0.15) is 44.1 Å². The number of hydrogen-bond acceptors (Lipinski definition) is 3. The molecule has 2 fully saturated rings. The lowest BCUT2D eigenvalue weighted by Gasteiger charge is -2.38. The monoisotopic (exact) mass is 308 g/mol. The standard InChI is InChI=1S/C16H24N2O2S/c1-13-4-5-14(12-15(13)17)21(19,20)18-10-8-16(9-11-18)6-2-3-7-16/h4-5,12H,2-3,6-11,17H2,1H3. The van der Waals surface area contributed by atoms with Crippen LogP contribution < -0.4 is 5.73 Å². The van der Waals surface area contributed by atoms with Crippen molar-refractivity contribution in [1.82, 2.24) is 4.31 Å². The maximum absolute atomic E-state index is 12.7. The van der Waals surface area contributed by atoms with Crippen LogP contribution in [0.3, 0.4) is 0 Å². The molecule has 0 aromatic heterocycles. The summed E-state index contributed by atoms with van der Waals surface area (Å²) in [5.74, 6) is 0. The number of benzene rings is 1. The van der Waals surface area contributed by atoms with E-state index in [0.29, 0.717) is 29.1 Å². The second-order valence-corrected chi connectivity index (χ2v) is 8.57. The summed E-state index contributed by atoms with van der Waals surface area (Å²) in [6, 6.07) is 5.04. The molecule has 1 aromatic carbocycles. The van der Waals surface area contributed by atoms with E-state index in [1.54, 1.807) is 22.5 Å². The molecule has 2 aliphatic rings. The van der Waals surface area contributed by atoms with E-state index in [1.165, 1.54) is 25.7 Å². The fourth-order valence-electron chi connectivity index (χ4n) is 3.75. The Morgan fingerprint density at radius 3 is 2.29 bits per heavy atom. The van der Waals surface area contributed by atoms with Gasteiger partial charge < -0.3 is 5.73 Å². The molecule has 0 radical (unpaired) electrons. The van der Waals surface area contributed by atoms with E-state index in [1.807, 2.05) is 6.92 Å². The zero-order valence-electron chi connectivity index (χ0n) is 12.6. The first kappa shape index (κ1) is 14.9. The molecule has 4 nitrogen and oxygen atoms in total. The SMILES string of the molecule is Cc1ccc(S(=O)(=O)N2CCC3(CCCC3)CC2)cc1N. The molecule has 1 spiro atoms. The number of anilines is 1. The van der Waals surface area contributed by atoms with Crippen molar-refractivity contribution in [1.29, 1.82) is 0 Å². The lowest BCUT2D eigenvalue weighted by Crippen LogP contribution is -2.42. The van der Waals surface area contributed by atoms with Gasteiger partial charge in [-0.05, 0) is 55.7 Å². The molecule has 1 heterocycles. The molecule has 1 saturated carbocycles. The Bertz CT molecular complexity index is 624. The van der Waals surface area contributed by atoms with Gasteiger partial charge in [0.25, 0.3) is 0 Å². The number of sulfonamides is 1. The Morgan fingerprint density at radius 2 is 1.71 bits per heavy atom. The molecule has 21 heavy (non-hydrogen) atoms. The molecule has 0 bridgehead atoms. The number of piperidine rings is 1. The number of nitrogens with zero attached hydrogens (tertiary/aromatic N) is 1. The second-order valence-electron chi connectivity index (χ2n) is 6.63. The predicted octanol–water partition coefficient (Wildman–Crippen LogP) is 2.92. The van der Waals surface area contributed by atoms with Gasteiger partial charge in [-0.3, -0.25) is 0 Å². The minimum atomic E-state index is -3.39. The van der Waals surface area contributed by atoms with Crippen molar-refractivity contribution in [3.63, 3.8) is 0 Å². The van der Waals surface area contributed by atoms with Gasteiger partial charge in [0.2, 0.25) is 10.0 Å². The van der Waals surface area contributed by atoms with Gasteiger partial charge in [0.15, 0.2) is 0 Å². The molecule has 0 amide bonds. The van der Waals surface area contributed by atoms with E-state index in [4.69, 9.17) is 5.73 Å². The fraction of sp³-hybridized carbons (Fsp3) is 0.625. The van der Waals surface area contributed by atoms with Crippen LogP contribution in [0.5, 0.6) is 0 Å². The molecule has 0 unspecified atom stereocenters. The summed E-state index contributed by atoms with van der Waals surface area (Å²) in [6.45, 7) is 3.18. The third-order valence-corrected chi connectivity index (χ3v) is 7.23. The summed E-state index contributed by atoms with van der Waals surface area (Å²) in [5.41, 5.74) is 7.74. The van der Waals surface area contributed by atoms with Gasteiger partial charge in [-0.2, -0.15) is 4.31 Å². The van der Waals surface area contributed by atoms with Gasteiger partial charge in [-0.1, -0.05) is 18.9 Å². The van der Waals surface area contributed by atoms with Crippen LogP contribution >= 0.6 is 0 Å². The highest BCUT2D eigenvalue weighted by molar-refractivity contribution is 7.89. The topological polar surface area (TPSA) is 63.4 Å². The lowest BCUT2D eigenvalue weighted by molar-refractivity contribution is 0.160. The maximum atomic E-state index is 12.7. The predicted molar refractivity (Wildman–Crippen MR) is 84.5 cm³/mol. The van der Waals surface area contributed by atoms with Crippen LogP contribution in [0.15, 0.2) is 23.1 Å². The molecular weight excluding hydrogens is 284 g/mol. The minimum Gasteiger partial charge on any atom is -0.398 e. The minimum absolute atomic E-state index is 0.327. The van der Waals surface area contributed by atoms with Crippen molar-refractivity contribution in [2.75, 3.05) is 18.8 Å². The summed E-state index contributed by atoms with van der Waals surface area (Å²) in [6.07, 6.45) is 7.18. The van der Waals surface area contributed by atoms with E-state index in [-0.39, 0.29) is 0 Å². The van der Waals surface area contributed by atoms with Crippen molar-refractivity contribution >= 4 is 15.7 Å². The molecule has 1 aliphatic heterocycles. The largest absolute Gasteiger partial charge is 0.398 e. The Balaban J connectivity index is 1.78. The van der Waals surface area contributed by atoms with Crippen LogP contribution in [-0.2, 0) is 10.0 Å². The van der Waals surface area contributed by atoms with Gasteiger partial charge in [0, 0.05) is 18.8 Å². The summed E-state index contributed by atoms with van der Waals surface area (Å²) >= 11 is 0. The van der Waals surface area contributed by atoms with Gasteiger partial charge in [0.05, 0.1) is 4.90 Å². The van der Waals surface area contributed by atoms with Gasteiger partial charge in [-0.15, -0.1) is 0 Å². The highest BCUT2D eigenvalue weighted by Gasteiger charge is 2.40. The Labute approximate surface area is 127 Å². The first-order valence-electron chi connectivity index (χ1n) is 7.79. The molecule has 5 heteroatoms. The summed E-state index contributed by atoms with van der Waals surface area (Å²) < 4.78 is 27.1. The summed E-state index contributed by atoms with van der Waals surface area (Å²) in [4.78, 5) is 0.327. The van der Waals surface area contributed by atoms with E-state index >= 15 is 0 Å². The van der Waals surface area contributed by atoms with E-state index in [0.717, 1.165) is 18.4 Å². The maximum Gasteiger partial charge on any atom is 0.243 e.